The van der Waals surface area contributed by atoms with Gasteiger partial charge in [-0.3, -0.25) is 0 Å². The van der Waals surface area contributed by atoms with Gasteiger partial charge in [-0.25, -0.2) is 32.3 Å². The van der Waals surface area contributed by atoms with Crippen LogP contribution in [0.1, 0.15) is 78.3 Å². The lowest BCUT2D eigenvalue weighted by molar-refractivity contribution is -0.119. The van der Waals surface area contributed by atoms with Gasteiger partial charge in [0.25, 0.3) is 10.0 Å². The molecule has 0 spiro atoms. The molecule has 3 heterocycles. The third kappa shape index (κ3) is 6.99. The van der Waals surface area contributed by atoms with Gasteiger partial charge in [-0.2, -0.15) is 4.98 Å². The number of nitrogens with one attached hydrogen (secondary N) is 2. The summed E-state index contributed by atoms with van der Waals surface area (Å²) >= 11 is 0. The van der Waals surface area contributed by atoms with E-state index in [2.05, 4.69) is 33.9 Å². The van der Waals surface area contributed by atoms with Crippen LogP contribution in [-0.2, 0) is 23.6 Å². The Morgan fingerprint density at radius 1 is 1.04 bits per heavy atom. The number of carboxylic acid groups (broad SMARTS) is 1. The highest BCUT2D eigenvalue weighted by Gasteiger charge is 2.56. The molecular weight excluding hydrogens is 684 g/mol. The molecule has 2 aromatic carbocycles. The molecule has 13 heteroatoms. The number of hydrogen-bond donors (Lipinski definition) is 3. The highest BCUT2D eigenvalue weighted by Crippen LogP contribution is 2.66. The van der Waals surface area contributed by atoms with Crippen LogP contribution in [0.3, 0.4) is 0 Å². The van der Waals surface area contributed by atoms with Crippen LogP contribution in [0.2, 0.25) is 0 Å². The summed E-state index contributed by atoms with van der Waals surface area (Å²) in [5.74, 6) is -0.626. The van der Waals surface area contributed by atoms with E-state index in [1.807, 2.05) is 49.7 Å². The first-order chi connectivity index (χ1) is 24.7. The predicted octanol–water partition coefficient (Wildman–Crippen LogP) is 7.14. The fourth-order valence-electron chi connectivity index (χ4n) is 7.88. The normalized spacial score (nSPS) is 18.6. The minimum atomic E-state index is -4.27. The molecule has 3 aliphatic rings. The van der Waals surface area contributed by atoms with Crippen molar-refractivity contribution in [3.63, 3.8) is 0 Å². The number of sulfonamides is 1. The lowest BCUT2D eigenvalue weighted by Crippen LogP contribution is -2.55. The summed E-state index contributed by atoms with van der Waals surface area (Å²) in [5.41, 5.74) is 5.36. The molecule has 0 amide bonds. The molecule has 3 aliphatic carbocycles. The monoisotopic (exact) mass is 726 g/mol. The molecule has 52 heavy (non-hydrogen) atoms. The van der Waals surface area contributed by atoms with Gasteiger partial charge in [0, 0.05) is 42.3 Å². The van der Waals surface area contributed by atoms with Gasteiger partial charge >= 0.3 is 5.97 Å². The molecule has 3 N–H and O–H groups in total. The average molecular weight is 727 g/mol. The van der Waals surface area contributed by atoms with Crippen molar-refractivity contribution < 1.29 is 27.4 Å². The van der Waals surface area contributed by atoms with E-state index in [-0.39, 0.29) is 58.6 Å². The van der Waals surface area contributed by atoms with E-state index >= 15 is 4.39 Å². The van der Waals surface area contributed by atoms with Crippen LogP contribution < -0.4 is 14.8 Å². The van der Waals surface area contributed by atoms with Crippen LogP contribution in [0, 0.1) is 31.0 Å². The van der Waals surface area contributed by atoms with Crippen molar-refractivity contribution >= 4 is 33.0 Å². The first-order valence-corrected chi connectivity index (χ1v) is 19.0. The predicted molar refractivity (Wildman–Crippen MR) is 196 cm³/mol. The Morgan fingerprint density at radius 2 is 1.75 bits per heavy atom. The van der Waals surface area contributed by atoms with E-state index in [4.69, 9.17) is 9.72 Å². The van der Waals surface area contributed by atoms with Gasteiger partial charge in [0.1, 0.15) is 18.1 Å². The Bertz CT molecular complexity index is 2270. The van der Waals surface area contributed by atoms with E-state index in [1.165, 1.54) is 37.5 Å². The maximum absolute atomic E-state index is 15.4. The number of anilines is 1. The van der Waals surface area contributed by atoms with Gasteiger partial charge in [-0.15, -0.1) is 0 Å². The van der Waals surface area contributed by atoms with Crippen molar-refractivity contribution in [2.24, 2.45) is 18.4 Å². The second-order valence-corrected chi connectivity index (χ2v) is 16.5. The van der Waals surface area contributed by atoms with Crippen LogP contribution in [0.4, 0.5) is 10.3 Å². The smallest absolute Gasteiger partial charge is 0.335 e. The second kappa shape index (κ2) is 13.6. The van der Waals surface area contributed by atoms with Crippen LogP contribution in [0.5, 0.6) is 5.88 Å². The second-order valence-electron chi connectivity index (χ2n) is 14.8. The largest absolute Gasteiger partial charge is 0.478 e. The number of pyridine rings is 1. The lowest BCUT2D eigenvalue weighted by atomic mass is 9.43. The van der Waals surface area contributed by atoms with Gasteiger partial charge in [0.05, 0.1) is 21.8 Å². The van der Waals surface area contributed by atoms with E-state index in [0.717, 1.165) is 51.8 Å². The molecule has 0 saturated heterocycles. The summed E-state index contributed by atoms with van der Waals surface area (Å²) in [7, 11) is -2.31. The minimum Gasteiger partial charge on any atom is -0.478 e. The standard InChI is InChI=1S/C39H43FN6O5S/c1-22(2)33-14-27-13-30(40)32(42-36(27)46(33)5)20-41-28(19-39-16-25(17-39)18-39)21-51-34-15-31(35-23(3)8-6-9-24(35)4)43-38(44-34)45-52(49,50)29-11-7-10-26(12-29)37(47)48/h6-15,22,25,28,41H,16-21H2,1-5H3,(H,47,48)(H,43,44,45)/t25?,28-,39?/m1/s1. The zero-order valence-electron chi connectivity index (χ0n) is 29.9. The quantitative estimate of drug-likeness (QED) is 0.109. The van der Waals surface area contributed by atoms with Crippen molar-refractivity contribution in [3.05, 3.63) is 94.6 Å². The lowest BCUT2D eigenvalue weighted by Gasteiger charge is -2.63. The topological polar surface area (TPSA) is 148 Å². The molecular formula is C39H43FN6O5S. The Balaban J connectivity index is 1.17. The number of aromatic carboxylic acids is 1. The van der Waals surface area contributed by atoms with Crippen molar-refractivity contribution in [2.75, 3.05) is 11.3 Å². The average Bonchev–Trinajstić information content (AvgIpc) is 3.37. The summed E-state index contributed by atoms with van der Waals surface area (Å²) in [4.78, 5) is 25.0. The number of benzene rings is 2. The molecule has 2 bridgehead atoms. The van der Waals surface area contributed by atoms with Crippen LogP contribution >= 0.6 is 0 Å². The summed E-state index contributed by atoms with van der Waals surface area (Å²) < 4.78 is 53.1. The number of aromatic nitrogens is 4. The SMILES string of the molecule is Cc1cccc(C)c1-c1cc(OC[C@@H](CC23CC(C2)C3)NCc2nc3c(cc2F)cc(C(C)C)n3C)nc(NS(=O)(=O)c2cccc(C(=O)O)c2)n1. The number of fused-ring (bicyclic) bond motifs is 1. The fourth-order valence-corrected chi connectivity index (χ4v) is 8.86. The Labute approximate surface area is 302 Å². The number of hydrogen-bond acceptors (Lipinski definition) is 8. The molecule has 0 unspecified atom stereocenters. The maximum Gasteiger partial charge on any atom is 0.335 e. The van der Waals surface area contributed by atoms with Gasteiger partial charge in [0.2, 0.25) is 11.8 Å². The maximum atomic E-state index is 15.4. The number of carboxylic acids is 1. The van der Waals surface area contributed by atoms with Crippen LogP contribution in [0.15, 0.2) is 65.6 Å². The third-order valence-corrected chi connectivity index (χ3v) is 11.9. The van der Waals surface area contributed by atoms with Crippen LogP contribution in [-0.4, -0.2) is 51.7 Å². The molecule has 11 nitrogen and oxygen atoms in total. The molecule has 0 aliphatic heterocycles. The number of halogens is 1. The van der Waals surface area contributed by atoms with Crippen molar-refractivity contribution in [1.82, 2.24) is 24.8 Å². The van der Waals surface area contributed by atoms with Gasteiger partial charge in [0.15, 0.2) is 0 Å². The number of ether oxygens (including phenoxy) is 1. The zero-order valence-corrected chi connectivity index (χ0v) is 30.7. The molecule has 3 saturated carbocycles. The Morgan fingerprint density at radius 3 is 2.40 bits per heavy atom. The van der Waals surface area contributed by atoms with E-state index in [1.54, 1.807) is 12.1 Å². The Hall–Kier alpha value is -4.88. The number of aryl methyl sites for hydroxylation is 3. The van der Waals surface area contributed by atoms with Gasteiger partial charge in [-0.1, -0.05) is 38.1 Å². The minimum absolute atomic E-state index is 0.157. The summed E-state index contributed by atoms with van der Waals surface area (Å²) in [6.07, 6.45) is 4.35. The third-order valence-electron chi connectivity index (χ3n) is 10.5. The van der Waals surface area contributed by atoms with Crippen LogP contribution in [0.25, 0.3) is 22.3 Å². The molecule has 8 rings (SSSR count). The number of rotatable bonds is 14. The molecule has 0 radical (unpaired) electrons. The van der Waals surface area contributed by atoms with E-state index in [0.29, 0.717) is 11.4 Å². The van der Waals surface area contributed by atoms with Crippen molar-refractivity contribution in [3.8, 4) is 17.1 Å². The first kappa shape index (κ1) is 35.5. The number of carbonyl (C=O) groups is 1. The summed E-state index contributed by atoms with van der Waals surface area (Å²) in [6.45, 7) is 8.48. The summed E-state index contributed by atoms with van der Waals surface area (Å²) in [5, 5.41) is 13.7. The number of nitrogens with zero attached hydrogens (tertiary/aromatic N) is 4. The Kier molecular flexibility index (Phi) is 9.28. The van der Waals surface area contributed by atoms with E-state index in [9.17, 15) is 18.3 Å². The molecule has 3 aromatic heterocycles. The van der Waals surface area contributed by atoms with E-state index < -0.39 is 16.0 Å². The fraction of sp³-hybridized carbons (Fsp3) is 0.385. The summed E-state index contributed by atoms with van der Waals surface area (Å²) in [6, 6.07) is 15.9. The van der Waals surface area contributed by atoms with Gasteiger partial charge < -0.3 is 19.7 Å². The molecule has 3 fully saturated rings. The highest BCUT2D eigenvalue weighted by molar-refractivity contribution is 7.92. The highest BCUT2D eigenvalue weighted by atomic mass is 32.2. The zero-order chi connectivity index (χ0) is 36.9. The molecule has 272 valence electrons. The van der Waals surface area contributed by atoms with Gasteiger partial charge in [-0.05, 0) is 98.2 Å². The molecule has 5 aromatic rings. The molecule has 1 atom stereocenters. The van der Waals surface area contributed by atoms with Crippen molar-refractivity contribution in [2.45, 2.75) is 76.8 Å². The first-order valence-electron chi connectivity index (χ1n) is 17.5. The van der Waals surface area contributed by atoms with Crippen molar-refractivity contribution in [1.29, 1.82) is 0 Å².